The van der Waals surface area contributed by atoms with Gasteiger partial charge in [-0.2, -0.15) is 0 Å². The van der Waals surface area contributed by atoms with E-state index in [4.69, 9.17) is 10.9 Å². The van der Waals surface area contributed by atoms with Crippen molar-refractivity contribution < 1.29 is 23.2 Å². The van der Waals surface area contributed by atoms with Crippen molar-refractivity contribution in [3.8, 4) is 0 Å². The lowest BCUT2D eigenvalue weighted by Crippen LogP contribution is -2.54. The summed E-state index contributed by atoms with van der Waals surface area (Å²) in [4.78, 5) is 12.2. The van der Waals surface area contributed by atoms with Crippen LogP contribution in [0, 0.1) is 28.8 Å². The molecule has 1 aliphatic rings. The highest BCUT2D eigenvalue weighted by atomic mass is 19.2. The molecule has 114 valence electrons. The molecule has 0 radical (unpaired) electrons. The molecule has 0 saturated heterocycles. The Morgan fingerprint density at radius 3 is 2.57 bits per heavy atom. The molecule has 21 heavy (non-hydrogen) atoms. The maximum Gasteiger partial charge on any atom is 0.238 e. The summed E-state index contributed by atoms with van der Waals surface area (Å²) < 4.78 is 39.8. The van der Waals surface area contributed by atoms with E-state index in [1.165, 1.54) is 0 Å². The van der Waals surface area contributed by atoms with Gasteiger partial charge in [0.2, 0.25) is 5.91 Å². The fourth-order valence-corrected chi connectivity index (χ4v) is 2.63. The monoisotopic (exact) mass is 301 g/mol. The number of hydrogen-bond donors (Lipinski definition) is 3. The summed E-state index contributed by atoms with van der Waals surface area (Å²) in [6.07, 6.45) is 0.599. The molecule has 0 aliphatic heterocycles. The number of anilines is 1. The number of amides is 1. The Labute approximate surface area is 118 Å². The molecule has 0 unspecified atom stereocenters. The normalized spacial score (nSPS) is 25.3. The van der Waals surface area contributed by atoms with Crippen LogP contribution < -0.4 is 11.1 Å². The van der Waals surface area contributed by atoms with Crippen molar-refractivity contribution >= 4 is 17.4 Å². The minimum Gasteiger partial charge on any atom is -0.409 e. The number of rotatable bonds is 3. The number of nitrogens with one attached hydrogen (secondary N) is 1. The van der Waals surface area contributed by atoms with E-state index < -0.39 is 34.5 Å². The van der Waals surface area contributed by atoms with Crippen molar-refractivity contribution in [1.29, 1.82) is 0 Å². The van der Waals surface area contributed by atoms with Gasteiger partial charge in [-0.3, -0.25) is 4.79 Å². The predicted molar refractivity (Wildman–Crippen MR) is 69.2 cm³/mol. The molecule has 0 spiro atoms. The summed E-state index contributed by atoms with van der Waals surface area (Å²) in [5.41, 5.74) is 3.61. The molecule has 0 atom stereocenters. The van der Waals surface area contributed by atoms with E-state index in [1.807, 2.05) is 6.92 Å². The molecular formula is C13H14F3N3O2. The molecule has 2 rings (SSSR count). The first-order valence-electron chi connectivity index (χ1n) is 6.24. The van der Waals surface area contributed by atoms with Gasteiger partial charge in [0.25, 0.3) is 0 Å². The van der Waals surface area contributed by atoms with Crippen LogP contribution in [0.1, 0.15) is 19.8 Å². The Kier molecular flexibility index (Phi) is 3.80. The number of oxime groups is 1. The van der Waals surface area contributed by atoms with Gasteiger partial charge in [-0.25, -0.2) is 13.2 Å². The molecule has 1 fully saturated rings. The smallest absolute Gasteiger partial charge is 0.238 e. The highest BCUT2D eigenvalue weighted by Gasteiger charge is 2.52. The maximum absolute atomic E-state index is 13.5. The van der Waals surface area contributed by atoms with E-state index in [-0.39, 0.29) is 11.8 Å². The summed E-state index contributed by atoms with van der Waals surface area (Å²) >= 11 is 0. The predicted octanol–water partition coefficient (Wildman–Crippen LogP) is 2.21. The van der Waals surface area contributed by atoms with E-state index in [0.29, 0.717) is 25.0 Å². The SMILES string of the molecule is CC1CC(C(=O)Nc2cc(F)cc(F)c2F)(/C(N)=N/O)C1. The quantitative estimate of drug-likeness (QED) is 0.263. The molecule has 0 aromatic heterocycles. The van der Waals surface area contributed by atoms with Crippen molar-refractivity contribution in [3.05, 3.63) is 29.6 Å². The second kappa shape index (κ2) is 5.27. The number of carbonyl (C=O) groups excluding carboxylic acids is 1. The molecule has 1 aromatic rings. The standard InChI is InChI=1S/C13H14F3N3O2/c1-6-4-13(5-6,11(17)19-21)12(20)18-9-3-7(14)2-8(15)10(9)16/h2-3,6,21H,4-5H2,1H3,(H2,17,19)(H,18,20). The van der Waals surface area contributed by atoms with E-state index in [9.17, 15) is 18.0 Å². The molecule has 1 aliphatic carbocycles. The Bertz CT molecular complexity index is 613. The lowest BCUT2D eigenvalue weighted by molar-refractivity contribution is -0.127. The second-order valence-electron chi connectivity index (χ2n) is 5.28. The third-order valence-electron chi connectivity index (χ3n) is 3.67. The topological polar surface area (TPSA) is 87.7 Å². The van der Waals surface area contributed by atoms with Crippen molar-refractivity contribution in [2.24, 2.45) is 22.2 Å². The summed E-state index contributed by atoms with van der Waals surface area (Å²) in [6, 6.07) is 1.04. The first kappa shape index (κ1) is 15.1. The van der Waals surface area contributed by atoms with Crippen LogP contribution in [0.4, 0.5) is 18.9 Å². The zero-order valence-electron chi connectivity index (χ0n) is 11.2. The fraction of sp³-hybridized carbons (Fsp3) is 0.385. The number of nitrogens with zero attached hydrogens (tertiary/aromatic N) is 1. The highest BCUT2D eigenvalue weighted by molar-refractivity contribution is 6.12. The Morgan fingerprint density at radius 1 is 1.43 bits per heavy atom. The molecule has 1 aromatic carbocycles. The number of nitrogens with two attached hydrogens (primary N) is 1. The molecule has 4 N–H and O–H groups in total. The van der Waals surface area contributed by atoms with Crippen molar-refractivity contribution in [2.75, 3.05) is 5.32 Å². The van der Waals surface area contributed by atoms with Crippen LogP contribution in [0.15, 0.2) is 17.3 Å². The maximum atomic E-state index is 13.5. The molecule has 1 amide bonds. The van der Waals surface area contributed by atoms with Crippen molar-refractivity contribution in [1.82, 2.24) is 0 Å². The molecule has 0 heterocycles. The Balaban J connectivity index is 2.29. The van der Waals surface area contributed by atoms with Gasteiger partial charge in [0.15, 0.2) is 17.5 Å². The minimum atomic E-state index is -1.41. The minimum absolute atomic E-state index is 0.158. The third kappa shape index (κ3) is 2.53. The number of carbonyl (C=O) groups is 1. The molecule has 1 saturated carbocycles. The zero-order chi connectivity index (χ0) is 15.8. The summed E-state index contributed by atoms with van der Waals surface area (Å²) in [7, 11) is 0. The molecule has 8 heteroatoms. The first-order valence-corrected chi connectivity index (χ1v) is 6.24. The van der Waals surface area contributed by atoms with Crippen LogP contribution in [0.25, 0.3) is 0 Å². The van der Waals surface area contributed by atoms with Crippen LogP contribution in [0.3, 0.4) is 0 Å². The van der Waals surface area contributed by atoms with Gasteiger partial charge >= 0.3 is 0 Å². The fourth-order valence-electron chi connectivity index (χ4n) is 2.63. The summed E-state index contributed by atoms with van der Waals surface area (Å²) in [6.45, 7) is 1.86. The summed E-state index contributed by atoms with van der Waals surface area (Å²) in [5, 5.41) is 13.7. The zero-order valence-corrected chi connectivity index (χ0v) is 11.2. The Morgan fingerprint density at radius 2 is 2.05 bits per heavy atom. The van der Waals surface area contributed by atoms with E-state index in [2.05, 4.69) is 10.5 Å². The van der Waals surface area contributed by atoms with Gasteiger partial charge in [0, 0.05) is 12.1 Å². The van der Waals surface area contributed by atoms with E-state index in [0.717, 1.165) is 0 Å². The van der Waals surface area contributed by atoms with Crippen LogP contribution in [0.2, 0.25) is 0 Å². The van der Waals surface area contributed by atoms with Gasteiger partial charge in [-0.15, -0.1) is 0 Å². The van der Waals surface area contributed by atoms with Crippen LogP contribution in [-0.4, -0.2) is 17.0 Å². The lowest BCUT2D eigenvalue weighted by Gasteiger charge is -2.43. The highest BCUT2D eigenvalue weighted by Crippen LogP contribution is 2.46. The van der Waals surface area contributed by atoms with Crippen LogP contribution in [0.5, 0.6) is 0 Å². The van der Waals surface area contributed by atoms with Gasteiger partial charge in [0.05, 0.1) is 5.69 Å². The molecular weight excluding hydrogens is 287 g/mol. The lowest BCUT2D eigenvalue weighted by atomic mass is 9.61. The summed E-state index contributed by atoms with van der Waals surface area (Å²) in [5.74, 6) is -4.72. The number of halogens is 3. The van der Waals surface area contributed by atoms with Gasteiger partial charge in [-0.1, -0.05) is 12.1 Å². The average molecular weight is 301 g/mol. The number of amidine groups is 1. The van der Waals surface area contributed by atoms with Crippen LogP contribution >= 0.6 is 0 Å². The third-order valence-corrected chi connectivity index (χ3v) is 3.67. The first-order chi connectivity index (χ1) is 9.80. The van der Waals surface area contributed by atoms with Crippen LogP contribution in [-0.2, 0) is 4.79 Å². The number of benzene rings is 1. The van der Waals surface area contributed by atoms with E-state index >= 15 is 0 Å². The molecule has 5 nitrogen and oxygen atoms in total. The second-order valence-corrected chi connectivity index (χ2v) is 5.28. The Hall–Kier alpha value is -2.25. The van der Waals surface area contributed by atoms with Gasteiger partial charge in [0.1, 0.15) is 11.2 Å². The largest absolute Gasteiger partial charge is 0.409 e. The van der Waals surface area contributed by atoms with E-state index in [1.54, 1.807) is 0 Å². The molecule has 0 bridgehead atoms. The van der Waals surface area contributed by atoms with Gasteiger partial charge < -0.3 is 16.3 Å². The number of hydrogen-bond acceptors (Lipinski definition) is 3. The van der Waals surface area contributed by atoms with Crippen molar-refractivity contribution in [2.45, 2.75) is 19.8 Å². The van der Waals surface area contributed by atoms with Crippen molar-refractivity contribution in [3.63, 3.8) is 0 Å². The average Bonchev–Trinajstić information content (AvgIpc) is 2.39. The van der Waals surface area contributed by atoms with Gasteiger partial charge in [-0.05, 0) is 18.8 Å².